The van der Waals surface area contributed by atoms with E-state index >= 15 is 0 Å². The maximum Gasteiger partial charge on any atom is 0.302 e. The molecule has 0 aliphatic rings. The highest BCUT2D eigenvalue weighted by Gasteiger charge is 2.26. The lowest BCUT2D eigenvalue weighted by molar-refractivity contribution is -0.688. The van der Waals surface area contributed by atoms with E-state index in [-0.39, 0.29) is 5.97 Å². The summed E-state index contributed by atoms with van der Waals surface area (Å²) >= 11 is 0. The fourth-order valence-corrected chi connectivity index (χ4v) is 4.68. The van der Waals surface area contributed by atoms with Gasteiger partial charge in [0.25, 0.3) is 0 Å². The van der Waals surface area contributed by atoms with Gasteiger partial charge in [0.2, 0.25) is 0 Å². The van der Waals surface area contributed by atoms with Gasteiger partial charge in [0.05, 0.1) is 20.3 Å². The van der Waals surface area contributed by atoms with Gasteiger partial charge in [-0.1, -0.05) is 13.8 Å². The van der Waals surface area contributed by atoms with Crippen molar-refractivity contribution in [3.05, 3.63) is 71.8 Å². The molecule has 0 spiro atoms. The van der Waals surface area contributed by atoms with E-state index in [4.69, 9.17) is 14.2 Å². The number of pyridine rings is 2. The maximum atomic E-state index is 11.2. The van der Waals surface area contributed by atoms with Crippen molar-refractivity contribution >= 4 is 5.97 Å². The van der Waals surface area contributed by atoms with Crippen LogP contribution in [0.25, 0.3) is 11.1 Å². The predicted molar refractivity (Wildman–Crippen MR) is 141 cm³/mol. The van der Waals surface area contributed by atoms with Gasteiger partial charge in [-0.15, -0.1) is 0 Å². The minimum absolute atomic E-state index is 0.231. The van der Waals surface area contributed by atoms with E-state index < -0.39 is 0 Å². The van der Waals surface area contributed by atoms with Crippen LogP contribution in [0.15, 0.2) is 55.1 Å². The second kappa shape index (κ2) is 13.6. The van der Waals surface area contributed by atoms with Gasteiger partial charge >= 0.3 is 5.97 Å². The van der Waals surface area contributed by atoms with E-state index in [1.807, 2.05) is 31.5 Å². The summed E-state index contributed by atoms with van der Waals surface area (Å²) < 4.78 is 19.6. The summed E-state index contributed by atoms with van der Waals surface area (Å²) in [6.45, 7) is 9.49. The number of carbonyl (C=O) groups excluding carboxylic acids is 1. The Hall–Kier alpha value is -3.41. The monoisotopic (exact) mass is 491 g/mol. The Labute approximate surface area is 215 Å². The summed E-state index contributed by atoms with van der Waals surface area (Å²) in [6, 6.07) is 10.5. The van der Waals surface area contributed by atoms with Gasteiger partial charge in [-0.05, 0) is 79.0 Å². The summed E-state index contributed by atoms with van der Waals surface area (Å²) in [5.74, 6) is 1.88. The second-order valence-electron chi connectivity index (χ2n) is 8.83. The molecule has 0 aliphatic heterocycles. The quantitative estimate of drug-likeness (QED) is 0.169. The molecule has 3 aromatic rings. The summed E-state index contributed by atoms with van der Waals surface area (Å²) in [6.07, 6.45) is 11.4. The molecule has 0 saturated carbocycles. The average molecular weight is 492 g/mol. The van der Waals surface area contributed by atoms with Crippen molar-refractivity contribution in [3.8, 4) is 22.6 Å². The number of nitrogens with zero attached hydrogens (tertiary/aromatic N) is 2. The fourth-order valence-electron chi connectivity index (χ4n) is 4.68. The number of aryl methyl sites for hydroxylation is 1. The fraction of sp³-hybridized carbons (Fsp3) is 0.433. The number of methoxy groups -OCH3 is 1. The van der Waals surface area contributed by atoms with Crippen LogP contribution in [0.3, 0.4) is 0 Å². The van der Waals surface area contributed by atoms with Gasteiger partial charge in [-0.2, -0.15) is 0 Å². The zero-order chi connectivity index (χ0) is 25.9. The summed E-state index contributed by atoms with van der Waals surface area (Å²) in [4.78, 5) is 15.3. The van der Waals surface area contributed by atoms with E-state index in [2.05, 4.69) is 54.0 Å². The number of esters is 1. The average Bonchev–Trinajstić information content (AvgIpc) is 2.90. The summed E-state index contributed by atoms with van der Waals surface area (Å²) in [5.41, 5.74) is 5.74. The SMILES string of the molecule is CCOc1c(C(CC)CCCOC(C)=O)cc(CC)c(OC)c1C[n+]1ccc(-c2ccncc2)cc1. The molecule has 0 aliphatic carbocycles. The highest BCUT2D eigenvalue weighted by molar-refractivity contribution is 5.65. The zero-order valence-electron chi connectivity index (χ0n) is 22.3. The molecule has 0 saturated heterocycles. The first kappa shape index (κ1) is 27.2. The lowest BCUT2D eigenvalue weighted by Gasteiger charge is -2.24. The van der Waals surface area contributed by atoms with Crippen LogP contribution in [-0.2, 0) is 22.5 Å². The van der Waals surface area contributed by atoms with Crippen molar-refractivity contribution in [2.24, 2.45) is 0 Å². The molecule has 2 aromatic heterocycles. The third-order valence-electron chi connectivity index (χ3n) is 6.49. The van der Waals surface area contributed by atoms with Crippen molar-refractivity contribution in [3.63, 3.8) is 0 Å². The number of hydrogen-bond acceptors (Lipinski definition) is 5. The van der Waals surface area contributed by atoms with Crippen molar-refractivity contribution in [1.29, 1.82) is 0 Å². The molecule has 0 bridgehead atoms. The molecule has 6 heteroatoms. The molecular weight excluding hydrogens is 452 g/mol. The molecule has 3 rings (SSSR count). The molecule has 0 fully saturated rings. The Morgan fingerprint density at radius 3 is 2.31 bits per heavy atom. The number of hydrogen-bond donors (Lipinski definition) is 0. The molecule has 1 unspecified atom stereocenters. The first-order valence-electron chi connectivity index (χ1n) is 12.9. The molecular formula is C30H39N2O4+. The molecule has 192 valence electrons. The van der Waals surface area contributed by atoms with Gasteiger partial charge < -0.3 is 14.2 Å². The minimum atomic E-state index is -0.231. The number of aromatic nitrogens is 2. The Morgan fingerprint density at radius 2 is 1.72 bits per heavy atom. The number of rotatable bonds is 13. The predicted octanol–water partition coefficient (Wildman–Crippen LogP) is 5.89. The van der Waals surface area contributed by atoms with Crippen LogP contribution >= 0.6 is 0 Å². The minimum Gasteiger partial charge on any atom is -0.496 e. The van der Waals surface area contributed by atoms with E-state index in [0.717, 1.165) is 53.9 Å². The molecule has 0 N–H and O–H groups in total. The summed E-state index contributed by atoms with van der Waals surface area (Å²) in [5, 5.41) is 0. The van der Waals surface area contributed by atoms with Gasteiger partial charge in [0.1, 0.15) is 17.1 Å². The van der Waals surface area contributed by atoms with Gasteiger partial charge in [-0.3, -0.25) is 9.78 Å². The van der Waals surface area contributed by atoms with Crippen molar-refractivity contribution in [1.82, 2.24) is 4.98 Å². The first-order chi connectivity index (χ1) is 17.5. The lowest BCUT2D eigenvalue weighted by atomic mass is 9.87. The highest BCUT2D eigenvalue weighted by atomic mass is 16.5. The number of ether oxygens (including phenoxy) is 3. The normalized spacial score (nSPS) is 11.7. The first-order valence-corrected chi connectivity index (χ1v) is 12.9. The number of benzene rings is 1. The van der Waals surface area contributed by atoms with Gasteiger partial charge in [0, 0.05) is 31.5 Å². The topological polar surface area (TPSA) is 61.5 Å². The van der Waals surface area contributed by atoms with Crippen LogP contribution in [-0.4, -0.2) is 31.3 Å². The number of carbonyl (C=O) groups is 1. The molecule has 2 heterocycles. The second-order valence-corrected chi connectivity index (χ2v) is 8.83. The standard InChI is InChI=1S/C30H39N2O4/c1-6-23(10-9-19-36-22(4)33)27-20-24(7-2)29(34-5)28(30(27)35-8-3)21-32-17-13-26(14-18-32)25-11-15-31-16-12-25/h11-18,20,23H,6-10,19,21H2,1-5H3/q+1. The van der Waals surface area contributed by atoms with E-state index in [1.165, 1.54) is 18.1 Å². The van der Waals surface area contributed by atoms with Crippen molar-refractivity contribution in [2.75, 3.05) is 20.3 Å². The Morgan fingerprint density at radius 1 is 1.03 bits per heavy atom. The van der Waals surface area contributed by atoms with Crippen LogP contribution in [0.2, 0.25) is 0 Å². The maximum absolute atomic E-state index is 11.2. The van der Waals surface area contributed by atoms with E-state index in [0.29, 0.717) is 25.7 Å². The van der Waals surface area contributed by atoms with Crippen LogP contribution in [0.1, 0.15) is 69.6 Å². The lowest BCUT2D eigenvalue weighted by Crippen LogP contribution is -2.34. The van der Waals surface area contributed by atoms with Gasteiger partial charge in [0.15, 0.2) is 18.9 Å². The Kier molecular flexibility index (Phi) is 10.3. The third-order valence-corrected chi connectivity index (χ3v) is 6.49. The molecule has 1 aromatic carbocycles. The van der Waals surface area contributed by atoms with Crippen molar-refractivity contribution < 1.29 is 23.6 Å². The molecule has 0 radical (unpaired) electrons. The third kappa shape index (κ3) is 6.84. The van der Waals surface area contributed by atoms with E-state index in [1.54, 1.807) is 7.11 Å². The largest absolute Gasteiger partial charge is 0.496 e. The summed E-state index contributed by atoms with van der Waals surface area (Å²) in [7, 11) is 1.74. The van der Waals surface area contributed by atoms with Crippen LogP contribution in [0, 0.1) is 0 Å². The van der Waals surface area contributed by atoms with Crippen LogP contribution in [0.5, 0.6) is 11.5 Å². The molecule has 0 amide bonds. The highest BCUT2D eigenvalue weighted by Crippen LogP contribution is 2.42. The molecule has 1 atom stereocenters. The molecule has 36 heavy (non-hydrogen) atoms. The van der Waals surface area contributed by atoms with E-state index in [9.17, 15) is 4.79 Å². The Balaban J connectivity index is 1.98. The van der Waals surface area contributed by atoms with Crippen molar-refractivity contribution in [2.45, 2.75) is 65.8 Å². The van der Waals surface area contributed by atoms with Crippen LogP contribution < -0.4 is 14.0 Å². The van der Waals surface area contributed by atoms with Crippen LogP contribution in [0.4, 0.5) is 0 Å². The smallest absolute Gasteiger partial charge is 0.302 e. The Bertz CT molecular complexity index is 1110. The zero-order valence-corrected chi connectivity index (χ0v) is 22.3. The van der Waals surface area contributed by atoms with Gasteiger partial charge in [-0.25, -0.2) is 4.57 Å². The molecule has 6 nitrogen and oxygen atoms in total.